The lowest BCUT2D eigenvalue weighted by Gasteiger charge is -2.27. The minimum atomic E-state index is 0.848. The standard InChI is InChI=1S/C20H34/c1-3-18-10-9-13-20(16-17(2)14-15-18)19-11-7-5-4-6-8-12-19/h4-5,8,12,17-20H,3,6-7,9-11,13-16H2,1-2H3. The molecule has 0 radical (unpaired) electrons. The van der Waals surface area contributed by atoms with Crippen LogP contribution in [-0.2, 0) is 0 Å². The molecule has 0 nitrogen and oxygen atoms in total. The van der Waals surface area contributed by atoms with Gasteiger partial charge in [-0.2, -0.15) is 0 Å². The van der Waals surface area contributed by atoms with Crippen LogP contribution in [0, 0.1) is 23.7 Å². The van der Waals surface area contributed by atoms with Crippen molar-refractivity contribution in [2.24, 2.45) is 23.7 Å². The smallest absolute Gasteiger partial charge is 0.0169 e. The zero-order valence-corrected chi connectivity index (χ0v) is 13.7. The zero-order chi connectivity index (χ0) is 14.2. The summed E-state index contributed by atoms with van der Waals surface area (Å²) in [5.41, 5.74) is 0. The third-order valence-corrected chi connectivity index (χ3v) is 5.63. The molecule has 4 unspecified atom stereocenters. The molecule has 1 fully saturated rings. The first-order valence-electron chi connectivity index (χ1n) is 9.11. The number of allylic oxidation sites excluding steroid dienone is 4. The summed E-state index contributed by atoms with van der Waals surface area (Å²) in [7, 11) is 0. The maximum absolute atomic E-state index is 2.55. The number of hydrogen-bond acceptors (Lipinski definition) is 0. The van der Waals surface area contributed by atoms with Crippen LogP contribution in [0.4, 0.5) is 0 Å². The Hall–Kier alpha value is -0.520. The maximum atomic E-state index is 2.55. The quantitative estimate of drug-likeness (QED) is 0.502. The third-order valence-electron chi connectivity index (χ3n) is 5.63. The molecular weight excluding hydrogens is 240 g/mol. The summed E-state index contributed by atoms with van der Waals surface area (Å²) in [6.45, 7) is 4.88. The molecule has 0 aromatic carbocycles. The average Bonchev–Trinajstić information content (AvgIpc) is 2.49. The van der Waals surface area contributed by atoms with Gasteiger partial charge in [-0.15, -0.1) is 0 Å². The molecule has 20 heavy (non-hydrogen) atoms. The van der Waals surface area contributed by atoms with E-state index in [1.54, 1.807) is 0 Å². The van der Waals surface area contributed by atoms with Gasteiger partial charge >= 0.3 is 0 Å². The van der Waals surface area contributed by atoms with Crippen molar-refractivity contribution >= 4 is 0 Å². The molecule has 2 aliphatic rings. The van der Waals surface area contributed by atoms with Gasteiger partial charge in [-0.25, -0.2) is 0 Å². The van der Waals surface area contributed by atoms with Crippen molar-refractivity contribution in [2.75, 3.05) is 0 Å². The molecule has 1 saturated carbocycles. The lowest BCUT2D eigenvalue weighted by molar-refractivity contribution is 0.280. The van der Waals surface area contributed by atoms with Crippen LogP contribution >= 0.6 is 0 Å². The minimum Gasteiger partial charge on any atom is -0.0882 e. The van der Waals surface area contributed by atoms with Gasteiger partial charge in [-0.05, 0) is 55.8 Å². The van der Waals surface area contributed by atoms with Crippen LogP contribution in [0.3, 0.4) is 0 Å². The highest BCUT2D eigenvalue weighted by Gasteiger charge is 2.23. The summed E-state index contributed by atoms with van der Waals surface area (Å²) in [5, 5.41) is 0. The Kier molecular flexibility index (Phi) is 6.90. The minimum absolute atomic E-state index is 0.848. The molecule has 0 heterocycles. The topological polar surface area (TPSA) is 0 Å². The summed E-state index contributed by atoms with van der Waals surface area (Å²) >= 11 is 0. The van der Waals surface area contributed by atoms with Crippen molar-refractivity contribution in [1.82, 2.24) is 0 Å². The number of rotatable bonds is 2. The lowest BCUT2D eigenvalue weighted by atomic mass is 9.78. The first-order chi connectivity index (χ1) is 9.79. The Morgan fingerprint density at radius 1 is 0.950 bits per heavy atom. The largest absolute Gasteiger partial charge is 0.0882 e. The van der Waals surface area contributed by atoms with Gasteiger partial charge in [-0.1, -0.05) is 70.3 Å². The van der Waals surface area contributed by atoms with E-state index >= 15 is 0 Å². The van der Waals surface area contributed by atoms with Crippen LogP contribution in [0.1, 0.15) is 78.1 Å². The molecule has 0 aliphatic heterocycles. The Labute approximate surface area is 126 Å². The van der Waals surface area contributed by atoms with Crippen molar-refractivity contribution in [3.05, 3.63) is 24.3 Å². The highest BCUT2D eigenvalue weighted by molar-refractivity contribution is 5.01. The van der Waals surface area contributed by atoms with Gasteiger partial charge in [-0.3, -0.25) is 0 Å². The first-order valence-corrected chi connectivity index (χ1v) is 9.11. The van der Waals surface area contributed by atoms with E-state index in [1.165, 1.54) is 57.8 Å². The zero-order valence-electron chi connectivity index (χ0n) is 13.7. The monoisotopic (exact) mass is 274 g/mol. The normalized spacial score (nSPS) is 36.5. The Morgan fingerprint density at radius 2 is 1.85 bits per heavy atom. The molecule has 114 valence electrons. The lowest BCUT2D eigenvalue weighted by Crippen LogP contribution is -2.16. The molecule has 0 aromatic heterocycles. The predicted octanol–water partition coefficient (Wildman–Crippen LogP) is 6.53. The molecule has 2 rings (SSSR count). The highest BCUT2D eigenvalue weighted by atomic mass is 14.3. The molecule has 4 atom stereocenters. The van der Waals surface area contributed by atoms with E-state index in [0.717, 1.165) is 30.1 Å². The van der Waals surface area contributed by atoms with Gasteiger partial charge in [0.1, 0.15) is 0 Å². The van der Waals surface area contributed by atoms with Crippen molar-refractivity contribution in [2.45, 2.75) is 78.1 Å². The van der Waals surface area contributed by atoms with Gasteiger partial charge in [0.15, 0.2) is 0 Å². The SMILES string of the molecule is CCC1CCCC(C2C=CCC=CCC2)CC(C)CC1. The van der Waals surface area contributed by atoms with Crippen LogP contribution < -0.4 is 0 Å². The molecule has 0 amide bonds. The van der Waals surface area contributed by atoms with E-state index in [0.29, 0.717) is 0 Å². The second-order valence-corrected chi connectivity index (χ2v) is 7.26. The van der Waals surface area contributed by atoms with Gasteiger partial charge in [0.25, 0.3) is 0 Å². The summed E-state index contributed by atoms with van der Waals surface area (Å²) in [5.74, 6) is 3.73. The molecule has 0 aromatic rings. The van der Waals surface area contributed by atoms with Crippen LogP contribution in [0.25, 0.3) is 0 Å². The van der Waals surface area contributed by atoms with E-state index < -0.39 is 0 Å². The predicted molar refractivity (Wildman–Crippen MR) is 89.8 cm³/mol. The van der Waals surface area contributed by atoms with E-state index in [1.807, 2.05) is 0 Å². The molecule has 0 bridgehead atoms. The second-order valence-electron chi connectivity index (χ2n) is 7.26. The average molecular weight is 274 g/mol. The Morgan fingerprint density at radius 3 is 2.70 bits per heavy atom. The van der Waals surface area contributed by atoms with Gasteiger partial charge < -0.3 is 0 Å². The summed E-state index contributed by atoms with van der Waals surface area (Å²) in [6, 6.07) is 0. The van der Waals surface area contributed by atoms with Crippen molar-refractivity contribution in [3.8, 4) is 0 Å². The van der Waals surface area contributed by atoms with Gasteiger partial charge in [0, 0.05) is 0 Å². The molecule has 0 heteroatoms. The first kappa shape index (κ1) is 15.9. The van der Waals surface area contributed by atoms with Crippen LogP contribution in [0.15, 0.2) is 24.3 Å². The second kappa shape index (κ2) is 8.70. The molecule has 2 aliphatic carbocycles. The molecule has 0 saturated heterocycles. The summed E-state index contributed by atoms with van der Waals surface area (Å²) < 4.78 is 0. The van der Waals surface area contributed by atoms with Crippen LogP contribution in [0.5, 0.6) is 0 Å². The Bertz CT molecular complexity index is 312. The summed E-state index contributed by atoms with van der Waals surface area (Å²) in [4.78, 5) is 0. The van der Waals surface area contributed by atoms with Crippen LogP contribution in [0.2, 0.25) is 0 Å². The van der Waals surface area contributed by atoms with Crippen molar-refractivity contribution in [1.29, 1.82) is 0 Å². The fourth-order valence-electron chi connectivity index (χ4n) is 4.21. The van der Waals surface area contributed by atoms with E-state index in [-0.39, 0.29) is 0 Å². The Balaban J connectivity index is 1.96. The number of hydrogen-bond donors (Lipinski definition) is 0. The van der Waals surface area contributed by atoms with E-state index in [9.17, 15) is 0 Å². The molecule has 0 spiro atoms. The molecular formula is C20H34. The van der Waals surface area contributed by atoms with Crippen LogP contribution in [-0.4, -0.2) is 0 Å². The van der Waals surface area contributed by atoms with Gasteiger partial charge in [0.2, 0.25) is 0 Å². The van der Waals surface area contributed by atoms with E-state index in [2.05, 4.69) is 38.2 Å². The van der Waals surface area contributed by atoms with Crippen molar-refractivity contribution < 1.29 is 0 Å². The third kappa shape index (κ3) is 5.11. The fourth-order valence-corrected chi connectivity index (χ4v) is 4.21. The van der Waals surface area contributed by atoms with E-state index in [4.69, 9.17) is 0 Å². The highest BCUT2D eigenvalue weighted by Crippen LogP contribution is 2.36. The van der Waals surface area contributed by atoms with Gasteiger partial charge in [0.05, 0.1) is 0 Å². The van der Waals surface area contributed by atoms with Crippen molar-refractivity contribution in [3.63, 3.8) is 0 Å². The maximum Gasteiger partial charge on any atom is -0.0169 e. The fraction of sp³-hybridized carbons (Fsp3) is 0.800. The summed E-state index contributed by atoms with van der Waals surface area (Å²) in [6.07, 6.45) is 23.7. The molecule has 0 N–H and O–H groups in total.